The van der Waals surface area contributed by atoms with Gasteiger partial charge in [-0.1, -0.05) is 51.1 Å². The number of rotatable bonds is 7. The molecule has 0 aliphatic carbocycles. The van der Waals surface area contributed by atoms with Crippen LogP contribution in [0, 0.1) is 6.92 Å². The molecule has 2 rings (SSSR count). The lowest BCUT2D eigenvalue weighted by molar-refractivity contribution is 0.332. The number of benzene rings is 2. The second-order valence-corrected chi connectivity index (χ2v) is 5.96. The predicted octanol–water partition coefficient (Wildman–Crippen LogP) is 5.17. The van der Waals surface area contributed by atoms with Crippen LogP contribution in [0.15, 0.2) is 42.5 Å². The van der Waals surface area contributed by atoms with Gasteiger partial charge in [0, 0.05) is 12.2 Å². The van der Waals surface area contributed by atoms with E-state index in [0.29, 0.717) is 12.5 Å². The van der Waals surface area contributed by atoms with Crippen LogP contribution in [0.3, 0.4) is 0 Å². The summed E-state index contributed by atoms with van der Waals surface area (Å²) in [6.07, 6.45) is 1.04. The standard InChI is InChI=1S/C20H27NO/c1-5-17-8-6-7-16(4)20(17)21-13-14-22-19-11-9-18(10-12-19)15(2)3/h6-12,15,21H,5,13-14H2,1-4H3. The van der Waals surface area contributed by atoms with E-state index in [2.05, 4.69) is 75.5 Å². The number of hydrogen-bond acceptors (Lipinski definition) is 2. The molecule has 0 aliphatic rings. The van der Waals surface area contributed by atoms with E-state index >= 15 is 0 Å². The van der Waals surface area contributed by atoms with Crippen LogP contribution in [-0.2, 0) is 6.42 Å². The Morgan fingerprint density at radius 3 is 2.41 bits per heavy atom. The van der Waals surface area contributed by atoms with E-state index in [9.17, 15) is 0 Å². The summed E-state index contributed by atoms with van der Waals surface area (Å²) in [5, 5.41) is 3.51. The van der Waals surface area contributed by atoms with Crippen LogP contribution in [0.2, 0.25) is 0 Å². The third kappa shape index (κ3) is 4.27. The molecule has 0 heterocycles. The molecule has 0 spiro atoms. The minimum absolute atomic E-state index is 0.559. The fourth-order valence-electron chi connectivity index (χ4n) is 2.57. The highest BCUT2D eigenvalue weighted by atomic mass is 16.5. The van der Waals surface area contributed by atoms with Gasteiger partial charge in [-0.15, -0.1) is 0 Å². The molecule has 0 aliphatic heterocycles. The van der Waals surface area contributed by atoms with Crippen molar-refractivity contribution in [3.05, 3.63) is 59.2 Å². The second-order valence-electron chi connectivity index (χ2n) is 5.96. The quantitative estimate of drug-likeness (QED) is 0.712. The molecule has 0 unspecified atom stereocenters. The molecule has 0 radical (unpaired) electrons. The first kappa shape index (κ1) is 16.4. The minimum Gasteiger partial charge on any atom is -0.492 e. The fraction of sp³-hybridized carbons (Fsp3) is 0.400. The topological polar surface area (TPSA) is 21.3 Å². The summed E-state index contributed by atoms with van der Waals surface area (Å²) < 4.78 is 5.81. The minimum atomic E-state index is 0.559. The summed E-state index contributed by atoms with van der Waals surface area (Å²) in [6, 6.07) is 14.8. The van der Waals surface area contributed by atoms with Crippen LogP contribution in [0.4, 0.5) is 5.69 Å². The maximum absolute atomic E-state index is 5.81. The van der Waals surface area contributed by atoms with Crippen molar-refractivity contribution in [2.45, 2.75) is 40.0 Å². The zero-order valence-electron chi connectivity index (χ0n) is 14.1. The van der Waals surface area contributed by atoms with Crippen LogP contribution in [-0.4, -0.2) is 13.2 Å². The third-order valence-electron chi connectivity index (χ3n) is 3.96. The van der Waals surface area contributed by atoms with Gasteiger partial charge in [-0.2, -0.15) is 0 Å². The predicted molar refractivity (Wildman–Crippen MR) is 95.1 cm³/mol. The van der Waals surface area contributed by atoms with Crippen LogP contribution in [0.5, 0.6) is 5.75 Å². The number of aryl methyl sites for hydroxylation is 2. The Morgan fingerprint density at radius 2 is 1.77 bits per heavy atom. The Labute approximate surface area is 134 Å². The number of nitrogens with one attached hydrogen (secondary N) is 1. The van der Waals surface area contributed by atoms with Crippen molar-refractivity contribution in [3.63, 3.8) is 0 Å². The second kappa shape index (κ2) is 7.88. The summed E-state index contributed by atoms with van der Waals surface area (Å²) in [4.78, 5) is 0. The SMILES string of the molecule is CCc1cccc(C)c1NCCOc1ccc(C(C)C)cc1. The lowest BCUT2D eigenvalue weighted by Crippen LogP contribution is -2.13. The average molecular weight is 297 g/mol. The van der Waals surface area contributed by atoms with Gasteiger partial charge in [0.15, 0.2) is 0 Å². The first-order chi connectivity index (χ1) is 10.6. The summed E-state index contributed by atoms with van der Waals surface area (Å²) >= 11 is 0. The molecule has 0 aromatic heterocycles. The lowest BCUT2D eigenvalue weighted by atomic mass is 10.0. The third-order valence-corrected chi connectivity index (χ3v) is 3.96. The lowest BCUT2D eigenvalue weighted by Gasteiger charge is -2.14. The summed E-state index contributed by atoms with van der Waals surface area (Å²) in [5.41, 5.74) is 5.25. The molecule has 22 heavy (non-hydrogen) atoms. The molecular formula is C20H27NO. The van der Waals surface area contributed by atoms with Crippen molar-refractivity contribution >= 4 is 5.69 Å². The maximum atomic E-state index is 5.81. The monoisotopic (exact) mass is 297 g/mol. The Hall–Kier alpha value is -1.96. The molecule has 0 fully saturated rings. The van der Waals surface area contributed by atoms with Crippen molar-refractivity contribution in [2.24, 2.45) is 0 Å². The Bertz CT molecular complexity index is 587. The van der Waals surface area contributed by atoms with Crippen LogP contribution in [0.1, 0.15) is 43.4 Å². The van der Waals surface area contributed by atoms with Gasteiger partial charge in [-0.3, -0.25) is 0 Å². The zero-order valence-corrected chi connectivity index (χ0v) is 14.1. The number of para-hydroxylation sites is 1. The molecule has 2 nitrogen and oxygen atoms in total. The van der Waals surface area contributed by atoms with E-state index in [-0.39, 0.29) is 0 Å². The van der Waals surface area contributed by atoms with E-state index in [1.54, 1.807) is 0 Å². The van der Waals surface area contributed by atoms with Gasteiger partial charge in [-0.25, -0.2) is 0 Å². The van der Waals surface area contributed by atoms with Gasteiger partial charge >= 0.3 is 0 Å². The zero-order chi connectivity index (χ0) is 15.9. The highest BCUT2D eigenvalue weighted by molar-refractivity contribution is 5.57. The molecule has 2 heteroatoms. The van der Waals surface area contributed by atoms with Gasteiger partial charge in [0.1, 0.15) is 12.4 Å². The van der Waals surface area contributed by atoms with Gasteiger partial charge in [-0.05, 0) is 48.1 Å². The molecular weight excluding hydrogens is 270 g/mol. The Morgan fingerprint density at radius 1 is 1.05 bits per heavy atom. The van der Waals surface area contributed by atoms with Gasteiger partial charge in [0.25, 0.3) is 0 Å². The molecule has 0 saturated carbocycles. The molecule has 0 amide bonds. The summed E-state index contributed by atoms with van der Waals surface area (Å²) in [5.74, 6) is 1.50. The first-order valence-electron chi connectivity index (χ1n) is 8.17. The van der Waals surface area contributed by atoms with E-state index < -0.39 is 0 Å². The highest BCUT2D eigenvalue weighted by Gasteiger charge is 2.03. The average Bonchev–Trinajstić information content (AvgIpc) is 2.53. The van der Waals surface area contributed by atoms with Gasteiger partial charge in [0.2, 0.25) is 0 Å². The molecule has 1 N–H and O–H groups in total. The van der Waals surface area contributed by atoms with Crippen LogP contribution in [0.25, 0.3) is 0 Å². The maximum Gasteiger partial charge on any atom is 0.119 e. The summed E-state index contributed by atoms with van der Waals surface area (Å²) in [6.45, 7) is 10.2. The largest absolute Gasteiger partial charge is 0.492 e. The molecule has 0 saturated heterocycles. The summed E-state index contributed by atoms with van der Waals surface area (Å²) in [7, 11) is 0. The van der Waals surface area contributed by atoms with E-state index in [1.807, 2.05) is 0 Å². The molecule has 2 aromatic rings. The van der Waals surface area contributed by atoms with E-state index in [4.69, 9.17) is 4.74 Å². The van der Waals surface area contributed by atoms with Crippen molar-refractivity contribution in [1.82, 2.24) is 0 Å². The number of hydrogen-bond donors (Lipinski definition) is 1. The Kier molecular flexibility index (Phi) is 5.88. The molecule has 118 valence electrons. The van der Waals surface area contributed by atoms with Gasteiger partial charge in [0.05, 0.1) is 0 Å². The first-order valence-corrected chi connectivity index (χ1v) is 8.17. The van der Waals surface area contributed by atoms with Crippen molar-refractivity contribution in [2.75, 3.05) is 18.5 Å². The van der Waals surface area contributed by atoms with E-state index in [0.717, 1.165) is 18.7 Å². The van der Waals surface area contributed by atoms with Crippen LogP contribution >= 0.6 is 0 Å². The molecule has 0 atom stereocenters. The molecule has 2 aromatic carbocycles. The normalized spacial score (nSPS) is 10.8. The fourth-order valence-corrected chi connectivity index (χ4v) is 2.57. The highest BCUT2D eigenvalue weighted by Crippen LogP contribution is 2.21. The molecule has 0 bridgehead atoms. The van der Waals surface area contributed by atoms with Crippen molar-refractivity contribution < 1.29 is 4.74 Å². The van der Waals surface area contributed by atoms with Crippen molar-refractivity contribution in [3.8, 4) is 5.75 Å². The Balaban J connectivity index is 1.85. The van der Waals surface area contributed by atoms with E-state index in [1.165, 1.54) is 22.4 Å². The smallest absolute Gasteiger partial charge is 0.119 e. The van der Waals surface area contributed by atoms with Crippen LogP contribution < -0.4 is 10.1 Å². The number of anilines is 1. The van der Waals surface area contributed by atoms with Crippen molar-refractivity contribution in [1.29, 1.82) is 0 Å². The van der Waals surface area contributed by atoms with Gasteiger partial charge < -0.3 is 10.1 Å². The number of ether oxygens (including phenoxy) is 1.